The summed E-state index contributed by atoms with van der Waals surface area (Å²) in [6, 6.07) is 12.8. The van der Waals surface area contributed by atoms with Crippen molar-refractivity contribution in [1.82, 2.24) is 9.80 Å². The maximum atomic E-state index is 13.3. The number of nitrogens with one attached hydrogen (secondary N) is 1. The van der Waals surface area contributed by atoms with Gasteiger partial charge in [-0.15, -0.1) is 0 Å². The van der Waals surface area contributed by atoms with Crippen LogP contribution < -0.4 is 10.1 Å². The van der Waals surface area contributed by atoms with Crippen molar-refractivity contribution in [2.24, 2.45) is 5.92 Å². The standard InChI is InChI=1S/C25H30FN3O3/c1-32-22-12-10-21(11-13-22)27-24(30)23(18-4-2-3-5-18)28-14-16-29(17-15-28)25(31)19-6-8-20(26)9-7-19/h6-13,18,23H,2-5,14-17H2,1H3,(H,27,30). The summed E-state index contributed by atoms with van der Waals surface area (Å²) in [5, 5.41) is 3.08. The molecule has 2 aliphatic rings. The van der Waals surface area contributed by atoms with Gasteiger partial charge in [0.1, 0.15) is 11.6 Å². The lowest BCUT2D eigenvalue weighted by Crippen LogP contribution is -2.56. The van der Waals surface area contributed by atoms with Crippen molar-refractivity contribution >= 4 is 17.5 Å². The van der Waals surface area contributed by atoms with E-state index in [1.807, 2.05) is 24.3 Å². The number of amides is 2. The lowest BCUT2D eigenvalue weighted by Gasteiger charge is -2.40. The highest BCUT2D eigenvalue weighted by molar-refractivity contribution is 5.95. The normalized spacial score (nSPS) is 18.4. The molecule has 170 valence electrons. The SMILES string of the molecule is COc1ccc(NC(=O)C(C2CCCC2)N2CCN(C(=O)c3ccc(F)cc3)CC2)cc1. The van der Waals surface area contributed by atoms with Crippen molar-refractivity contribution in [3.8, 4) is 5.75 Å². The monoisotopic (exact) mass is 439 g/mol. The first kappa shape index (κ1) is 22.3. The average molecular weight is 440 g/mol. The molecule has 1 unspecified atom stereocenters. The number of benzene rings is 2. The number of carbonyl (C=O) groups is 2. The van der Waals surface area contributed by atoms with E-state index in [1.54, 1.807) is 12.0 Å². The maximum absolute atomic E-state index is 13.3. The zero-order chi connectivity index (χ0) is 22.5. The van der Waals surface area contributed by atoms with E-state index in [1.165, 1.54) is 24.3 Å². The first-order valence-corrected chi connectivity index (χ1v) is 11.3. The van der Waals surface area contributed by atoms with Crippen LogP contribution in [0.4, 0.5) is 10.1 Å². The second-order valence-electron chi connectivity index (χ2n) is 8.54. The Morgan fingerprint density at radius 2 is 1.59 bits per heavy atom. The van der Waals surface area contributed by atoms with Crippen molar-refractivity contribution in [3.63, 3.8) is 0 Å². The molecular formula is C25H30FN3O3. The molecule has 1 heterocycles. The number of halogens is 1. The highest BCUT2D eigenvalue weighted by atomic mass is 19.1. The Hall–Kier alpha value is -2.93. The lowest BCUT2D eigenvalue weighted by atomic mass is 9.94. The van der Waals surface area contributed by atoms with Gasteiger partial charge in [-0.2, -0.15) is 0 Å². The smallest absolute Gasteiger partial charge is 0.253 e. The van der Waals surface area contributed by atoms with Gasteiger partial charge in [0, 0.05) is 37.4 Å². The summed E-state index contributed by atoms with van der Waals surface area (Å²) in [6.45, 7) is 2.39. The second-order valence-corrected chi connectivity index (χ2v) is 8.54. The van der Waals surface area contributed by atoms with Crippen molar-refractivity contribution in [2.45, 2.75) is 31.7 Å². The van der Waals surface area contributed by atoms with Crippen LogP contribution in [0.1, 0.15) is 36.0 Å². The predicted molar refractivity (Wildman–Crippen MR) is 121 cm³/mol. The molecule has 1 saturated heterocycles. The van der Waals surface area contributed by atoms with Crippen molar-refractivity contribution in [2.75, 3.05) is 38.6 Å². The van der Waals surface area contributed by atoms with Crippen molar-refractivity contribution in [3.05, 3.63) is 59.9 Å². The van der Waals surface area contributed by atoms with Crippen LogP contribution in [0.3, 0.4) is 0 Å². The van der Waals surface area contributed by atoms with E-state index >= 15 is 0 Å². The van der Waals surface area contributed by atoms with E-state index in [9.17, 15) is 14.0 Å². The Labute approximate surface area is 188 Å². The molecule has 4 rings (SSSR count). The van der Waals surface area contributed by atoms with Crippen LogP contribution in [-0.2, 0) is 4.79 Å². The largest absolute Gasteiger partial charge is 0.497 e. The molecule has 0 spiro atoms. The Morgan fingerprint density at radius 1 is 0.969 bits per heavy atom. The number of anilines is 1. The zero-order valence-electron chi connectivity index (χ0n) is 18.4. The summed E-state index contributed by atoms with van der Waals surface area (Å²) in [5.41, 5.74) is 1.24. The molecule has 1 atom stereocenters. The fourth-order valence-electron chi connectivity index (χ4n) is 4.82. The van der Waals surface area contributed by atoms with Gasteiger partial charge in [0.2, 0.25) is 5.91 Å². The third-order valence-corrected chi connectivity index (χ3v) is 6.56. The van der Waals surface area contributed by atoms with E-state index in [0.717, 1.165) is 37.1 Å². The third kappa shape index (κ3) is 5.10. The minimum absolute atomic E-state index is 0.0142. The Bertz CT molecular complexity index is 918. The summed E-state index contributed by atoms with van der Waals surface area (Å²) >= 11 is 0. The molecule has 1 N–H and O–H groups in total. The summed E-state index contributed by atoms with van der Waals surface area (Å²) < 4.78 is 18.4. The second kappa shape index (κ2) is 10.1. The van der Waals surface area contributed by atoms with Gasteiger partial charge in [-0.3, -0.25) is 14.5 Å². The molecule has 0 radical (unpaired) electrons. The topological polar surface area (TPSA) is 61.9 Å². The molecule has 1 saturated carbocycles. The number of rotatable bonds is 6. The van der Waals surface area contributed by atoms with Gasteiger partial charge in [-0.1, -0.05) is 12.8 Å². The minimum atomic E-state index is -0.353. The van der Waals surface area contributed by atoms with Crippen molar-refractivity contribution in [1.29, 1.82) is 0 Å². The van der Waals surface area contributed by atoms with Crippen LogP contribution >= 0.6 is 0 Å². The molecule has 2 aromatic rings. The highest BCUT2D eigenvalue weighted by Gasteiger charge is 2.37. The van der Waals surface area contributed by atoms with E-state index in [4.69, 9.17) is 4.74 Å². The number of hydrogen-bond donors (Lipinski definition) is 1. The molecule has 6 nitrogen and oxygen atoms in total. The Morgan fingerprint density at radius 3 is 2.19 bits per heavy atom. The predicted octanol–water partition coefficient (Wildman–Crippen LogP) is 3.79. The molecule has 0 bridgehead atoms. The van der Waals surface area contributed by atoms with Gasteiger partial charge in [-0.25, -0.2) is 4.39 Å². The molecule has 7 heteroatoms. The molecule has 2 amide bonds. The number of methoxy groups -OCH3 is 1. The maximum Gasteiger partial charge on any atom is 0.253 e. The van der Waals surface area contributed by atoms with E-state index in [0.29, 0.717) is 37.7 Å². The van der Waals surface area contributed by atoms with Crippen LogP contribution in [0.5, 0.6) is 5.75 Å². The third-order valence-electron chi connectivity index (χ3n) is 6.56. The molecule has 0 aromatic heterocycles. The fourth-order valence-corrected chi connectivity index (χ4v) is 4.82. The summed E-state index contributed by atoms with van der Waals surface area (Å²) in [4.78, 5) is 30.1. The molecule has 1 aliphatic carbocycles. The zero-order valence-corrected chi connectivity index (χ0v) is 18.4. The number of hydrogen-bond acceptors (Lipinski definition) is 4. The van der Waals surface area contributed by atoms with E-state index < -0.39 is 0 Å². The number of ether oxygens (including phenoxy) is 1. The van der Waals surface area contributed by atoms with E-state index in [-0.39, 0.29) is 23.7 Å². The molecule has 1 aliphatic heterocycles. The highest BCUT2D eigenvalue weighted by Crippen LogP contribution is 2.32. The van der Waals surface area contributed by atoms with Gasteiger partial charge in [0.05, 0.1) is 13.2 Å². The van der Waals surface area contributed by atoms with Crippen LogP contribution in [0.2, 0.25) is 0 Å². The van der Waals surface area contributed by atoms with Crippen LogP contribution in [-0.4, -0.2) is 60.9 Å². The minimum Gasteiger partial charge on any atom is -0.497 e. The molecule has 2 fully saturated rings. The molecule has 2 aromatic carbocycles. The van der Waals surface area contributed by atoms with Crippen LogP contribution in [0, 0.1) is 11.7 Å². The average Bonchev–Trinajstić information content (AvgIpc) is 3.34. The fraction of sp³-hybridized carbons (Fsp3) is 0.440. The van der Waals surface area contributed by atoms with Crippen LogP contribution in [0.25, 0.3) is 0 Å². The van der Waals surface area contributed by atoms with Gasteiger partial charge >= 0.3 is 0 Å². The number of piperazine rings is 1. The van der Waals surface area contributed by atoms with Crippen LogP contribution in [0.15, 0.2) is 48.5 Å². The summed E-state index contributed by atoms with van der Waals surface area (Å²) in [6.07, 6.45) is 4.41. The summed E-state index contributed by atoms with van der Waals surface area (Å²) in [7, 11) is 1.62. The quantitative estimate of drug-likeness (QED) is 0.744. The Kier molecular flexibility index (Phi) is 7.05. The molecular weight excluding hydrogens is 409 g/mol. The van der Waals surface area contributed by atoms with Gasteiger partial charge in [0.15, 0.2) is 0 Å². The first-order chi connectivity index (χ1) is 15.5. The molecule has 32 heavy (non-hydrogen) atoms. The van der Waals surface area contributed by atoms with Gasteiger partial charge in [-0.05, 0) is 67.3 Å². The summed E-state index contributed by atoms with van der Waals surface area (Å²) in [5.74, 6) is 0.642. The van der Waals surface area contributed by atoms with Gasteiger partial charge in [0.25, 0.3) is 5.91 Å². The first-order valence-electron chi connectivity index (χ1n) is 11.3. The number of carbonyl (C=O) groups excluding carboxylic acids is 2. The van der Waals surface area contributed by atoms with Crippen molar-refractivity contribution < 1.29 is 18.7 Å². The van der Waals surface area contributed by atoms with Gasteiger partial charge < -0.3 is 15.0 Å². The lowest BCUT2D eigenvalue weighted by molar-refractivity contribution is -0.123. The van der Waals surface area contributed by atoms with E-state index in [2.05, 4.69) is 10.2 Å². The number of nitrogens with zero attached hydrogens (tertiary/aromatic N) is 2. The Balaban J connectivity index is 1.41.